The number of benzene rings is 2. The van der Waals surface area contributed by atoms with Crippen molar-refractivity contribution in [3.63, 3.8) is 0 Å². The van der Waals surface area contributed by atoms with Gasteiger partial charge in [-0.15, -0.1) is 0 Å². The first-order valence-electron chi connectivity index (χ1n) is 14.4. The van der Waals surface area contributed by atoms with E-state index >= 15 is 0 Å². The number of pyridine rings is 1. The number of rotatable bonds is 5. The summed E-state index contributed by atoms with van der Waals surface area (Å²) in [7, 11) is 3.53. The van der Waals surface area contributed by atoms with Gasteiger partial charge in [0.25, 0.3) is 5.91 Å². The van der Waals surface area contributed by atoms with Crippen molar-refractivity contribution >= 4 is 39.8 Å². The number of ether oxygens (including phenoxy) is 1. The Morgan fingerprint density at radius 1 is 1.12 bits per heavy atom. The van der Waals surface area contributed by atoms with Crippen molar-refractivity contribution in [2.45, 2.75) is 52.7 Å². The first kappa shape index (κ1) is 28.3. The fraction of sp³-hybridized carbons (Fsp3) is 0.333. The molecule has 10 nitrogen and oxygen atoms in total. The number of fused-ring (bicyclic) bond motifs is 3. The maximum atomic E-state index is 14.6. The van der Waals surface area contributed by atoms with Gasteiger partial charge in [-0.25, -0.2) is 14.8 Å². The van der Waals surface area contributed by atoms with Crippen molar-refractivity contribution in [2.24, 2.45) is 12.5 Å². The summed E-state index contributed by atoms with van der Waals surface area (Å²) >= 11 is 0. The van der Waals surface area contributed by atoms with Crippen LogP contribution in [-0.2, 0) is 20.0 Å². The summed E-state index contributed by atoms with van der Waals surface area (Å²) in [6, 6.07) is 16.3. The van der Waals surface area contributed by atoms with Gasteiger partial charge in [-0.1, -0.05) is 39.0 Å². The fourth-order valence-corrected chi connectivity index (χ4v) is 6.66. The topological polar surface area (TPSA) is 115 Å². The number of carbonyl (C=O) groups excluding carboxylic acids is 1. The van der Waals surface area contributed by atoms with Gasteiger partial charge in [-0.05, 0) is 60.7 Å². The number of hydrogen-bond acceptors (Lipinski definition) is 5. The number of aryl methyl sites for hydroxylation is 2. The molecule has 10 heteroatoms. The zero-order chi connectivity index (χ0) is 30.6. The van der Waals surface area contributed by atoms with E-state index in [1.807, 2.05) is 68.8 Å². The highest BCUT2D eigenvalue weighted by molar-refractivity contribution is 6.10. The lowest BCUT2D eigenvalue weighted by molar-refractivity contribution is 0.0929. The molecule has 0 radical (unpaired) electrons. The lowest BCUT2D eigenvalue weighted by Crippen LogP contribution is -2.62. The number of methoxy groups -OCH3 is 1. The molecule has 0 spiro atoms. The predicted molar refractivity (Wildman–Crippen MR) is 167 cm³/mol. The third kappa shape index (κ3) is 4.67. The van der Waals surface area contributed by atoms with Crippen molar-refractivity contribution in [3.05, 3.63) is 71.9 Å². The number of imidazole rings is 1. The van der Waals surface area contributed by atoms with Crippen LogP contribution in [0.25, 0.3) is 33.6 Å². The van der Waals surface area contributed by atoms with E-state index in [2.05, 4.69) is 27.9 Å². The predicted octanol–water partition coefficient (Wildman–Crippen LogP) is 5.87. The number of carboxylic acid groups (broad SMARTS) is 1. The van der Waals surface area contributed by atoms with E-state index in [0.29, 0.717) is 29.8 Å². The molecule has 222 valence electrons. The van der Waals surface area contributed by atoms with Crippen molar-refractivity contribution in [2.75, 3.05) is 12.0 Å². The van der Waals surface area contributed by atoms with E-state index in [0.717, 1.165) is 39.3 Å². The molecule has 0 bridgehead atoms. The number of nitrogens with zero attached hydrogens (tertiary/aromatic N) is 5. The molecule has 4 heterocycles. The lowest BCUT2D eigenvalue weighted by atomic mass is 9.76. The quantitative estimate of drug-likeness (QED) is 0.269. The van der Waals surface area contributed by atoms with E-state index in [1.165, 1.54) is 0 Å². The van der Waals surface area contributed by atoms with E-state index in [4.69, 9.17) is 9.72 Å². The smallest absolute Gasteiger partial charge is 0.404 e. The number of hydrogen-bond donors (Lipinski definition) is 2. The molecule has 0 saturated heterocycles. The number of nitrogens with one attached hydrogen (secondary N) is 1. The van der Waals surface area contributed by atoms with E-state index in [1.54, 1.807) is 30.3 Å². The molecule has 2 unspecified atom stereocenters. The summed E-state index contributed by atoms with van der Waals surface area (Å²) in [4.78, 5) is 37.8. The number of anilines is 1. The lowest BCUT2D eigenvalue weighted by Gasteiger charge is -2.48. The molecular formula is C33H36N6O4. The minimum absolute atomic E-state index is 0.247. The number of amides is 2. The van der Waals surface area contributed by atoms with Crippen LogP contribution in [0.5, 0.6) is 5.75 Å². The van der Waals surface area contributed by atoms with Gasteiger partial charge in [0.1, 0.15) is 16.9 Å². The summed E-state index contributed by atoms with van der Waals surface area (Å²) in [5, 5.41) is 13.4. The van der Waals surface area contributed by atoms with Gasteiger partial charge in [-0.2, -0.15) is 0 Å². The second kappa shape index (κ2) is 10.4. The largest absolute Gasteiger partial charge is 0.494 e. The van der Waals surface area contributed by atoms with Gasteiger partial charge in [0.15, 0.2) is 5.82 Å². The average Bonchev–Trinajstić information content (AvgIpc) is 3.51. The molecule has 2 amide bonds. The van der Waals surface area contributed by atoms with Crippen LogP contribution in [-0.4, -0.2) is 55.4 Å². The fourth-order valence-electron chi connectivity index (χ4n) is 6.66. The Hall–Kier alpha value is -4.86. The zero-order valence-electron chi connectivity index (χ0n) is 25.3. The molecule has 1 aliphatic rings. The first-order chi connectivity index (χ1) is 20.5. The minimum Gasteiger partial charge on any atom is -0.494 e. The number of para-hydroxylation sites is 1. The second-order valence-electron chi connectivity index (χ2n) is 12.1. The van der Waals surface area contributed by atoms with Crippen molar-refractivity contribution < 1.29 is 19.4 Å². The average molecular weight is 581 g/mol. The van der Waals surface area contributed by atoms with Crippen LogP contribution in [0.4, 0.5) is 10.5 Å². The van der Waals surface area contributed by atoms with E-state index in [9.17, 15) is 14.7 Å². The van der Waals surface area contributed by atoms with E-state index < -0.39 is 23.6 Å². The number of carbonyl (C=O) groups is 2. The normalized spacial score (nSPS) is 16.8. The summed E-state index contributed by atoms with van der Waals surface area (Å²) in [5.74, 6) is 1.01. The molecule has 0 saturated carbocycles. The molecule has 5 aromatic rings. The Morgan fingerprint density at radius 3 is 2.58 bits per heavy atom. The van der Waals surface area contributed by atoms with Gasteiger partial charge in [-0.3, -0.25) is 4.79 Å². The van der Waals surface area contributed by atoms with Crippen LogP contribution in [0.2, 0.25) is 0 Å². The Morgan fingerprint density at radius 2 is 1.88 bits per heavy atom. The summed E-state index contributed by atoms with van der Waals surface area (Å²) in [6.45, 7) is 8.87. The highest BCUT2D eigenvalue weighted by Gasteiger charge is 2.45. The monoisotopic (exact) mass is 580 g/mol. The maximum absolute atomic E-state index is 14.6. The molecule has 2 atom stereocenters. The Kier molecular flexibility index (Phi) is 6.87. The first-order valence-corrected chi connectivity index (χ1v) is 14.4. The van der Waals surface area contributed by atoms with Gasteiger partial charge in [0.05, 0.1) is 30.4 Å². The summed E-state index contributed by atoms with van der Waals surface area (Å²) in [6.07, 6.45) is 1.16. The van der Waals surface area contributed by atoms with Crippen LogP contribution in [0.1, 0.15) is 43.6 Å². The Labute approximate surface area is 249 Å². The molecule has 0 aliphatic carbocycles. The van der Waals surface area contributed by atoms with Gasteiger partial charge in [0, 0.05) is 36.4 Å². The zero-order valence-corrected chi connectivity index (χ0v) is 25.3. The highest BCUT2D eigenvalue weighted by Crippen LogP contribution is 2.41. The summed E-state index contributed by atoms with van der Waals surface area (Å²) in [5.41, 5.74) is 4.85. The highest BCUT2D eigenvalue weighted by atomic mass is 16.5. The standard InChI is InChI=1S/C33H36N6O4/c1-7-38-25(17-20-12-10-14-34-29(20)38)30-35-22-16-21(18-26(43-6)27(22)37(30)5)31(40)39-24-13-9-8-11-19(24)15-23(36-32(41)42)28(39)33(2,3)4/h8-14,16-18,23,28,36H,7,15H2,1-6H3,(H,41,42). The third-order valence-corrected chi connectivity index (χ3v) is 8.37. The van der Waals surface area contributed by atoms with Crippen molar-refractivity contribution in [3.8, 4) is 17.3 Å². The van der Waals surface area contributed by atoms with Crippen LogP contribution >= 0.6 is 0 Å². The van der Waals surface area contributed by atoms with Crippen LogP contribution in [0.15, 0.2) is 60.8 Å². The SMILES string of the molecule is CCn1c(-c2nc3cc(C(=O)N4c5ccccc5CC(NC(=O)O)C4C(C)(C)C)cc(OC)c3n2C)cc2cccnc21. The molecule has 1 aliphatic heterocycles. The molecule has 0 fully saturated rings. The molecule has 2 aromatic carbocycles. The van der Waals surface area contributed by atoms with Gasteiger partial charge < -0.3 is 29.2 Å². The van der Waals surface area contributed by atoms with Crippen molar-refractivity contribution in [1.29, 1.82) is 0 Å². The molecule has 6 rings (SSSR count). The van der Waals surface area contributed by atoms with Crippen LogP contribution in [0, 0.1) is 5.41 Å². The maximum Gasteiger partial charge on any atom is 0.404 e. The van der Waals surface area contributed by atoms with Crippen LogP contribution in [0.3, 0.4) is 0 Å². The molecule has 3 aromatic heterocycles. The third-order valence-electron chi connectivity index (χ3n) is 8.37. The van der Waals surface area contributed by atoms with Gasteiger partial charge >= 0.3 is 6.09 Å². The van der Waals surface area contributed by atoms with E-state index in [-0.39, 0.29) is 5.91 Å². The number of aromatic nitrogens is 4. The molecule has 2 N–H and O–H groups in total. The minimum atomic E-state index is -1.12. The molecule has 43 heavy (non-hydrogen) atoms. The van der Waals surface area contributed by atoms with Crippen molar-refractivity contribution in [1.82, 2.24) is 24.4 Å². The molecular weight excluding hydrogens is 544 g/mol. The summed E-state index contributed by atoms with van der Waals surface area (Å²) < 4.78 is 9.97. The second-order valence-corrected chi connectivity index (χ2v) is 12.1. The Bertz CT molecular complexity index is 1880. The Balaban J connectivity index is 1.52. The van der Waals surface area contributed by atoms with Crippen LogP contribution < -0.4 is 15.0 Å². The van der Waals surface area contributed by atoms with Gasteiger partial charge in [0.2, 0.25) is 0 Å².